The molecule has 0 saturated carbocycles. The molecule has 1 atom stereocenters. The van der Waals surface area contributed by atoms with Gasteiger partial charge in [-0.2, -0.15) is 0 Å². The molecule has 0 bridgehead atoms. The summed E-state index contributed by atoms with van der Waals surface area (Å²) in [7, 11) is 0. The first kappa shape index (κ1) is 12.5. The van der Waals surface area contributed by atoms with Crippen LogP contribution in [0.3, 0.4) is 0 Å². The Balaban J connectivity index is 1.99. The van der Waals surface area contributed by atoms with Crippen molar-refractivity contribution in [1.82, 2.24) is 5.32 Å². The summed E-state index contributed by atoms with van der Waals surface area (Å²) in [6.45, 7) is 0.903. The minimum atomic E-state index is -0.446. The molecule has 2 rings (SSSR count). The van der Waals surface area contributed by atoms with Gasteiger partial charge in [0.2, 0.25) is 0 Å². The van der Waals surface area contributed by atoms with E-state index in [9.17, 15) is 9.18 Å². The zero-order valence-electron chi connectivity index (χ0n) is 9.51. The van der Waals surface area contributed by atoms with Gasteiger partial charge in [-0.3, -0.25) is 4.79 Å². The first-order chi connectivity index (χ1) is 8.16. The van der Waals surface area contributed by atoms with Gasteiger partial charge in [0.25, 0.3) is 0 Å². The molecule has 2 nitrogen and oxygen atoms in total. The first-order valence-electron chi connectivity index (χ1n) is 5.87. The van der Waals surface area contributed by atoms with Crippen LogP contribution in [0.5, 0.6) is 0 Å². The van der Waals surface area contributed by atoms with E-state index in [1.165, 1.54) is 12.1 Å². The third-order valence-corrected chi connectivity index (χ3v) is 3.35. The Morgan fingerprint density at radius 2 is 2.29 bits per heavy atom. The predicted molar refractivity (Wildman–Crippen MR) is 65.8 cm³/mol. The average Bonchev–Trinajstić information content (AvgIpc) is 2.35. The van der Waals surface area contributed by atoms with Crippen molar-refractivity contribution in [3.05, 3.63) is 34.6 Å². The molecule has 0 radical (unpaired) electrons. The van der Waals surface area contributed by atoms with E-state index in [1.807, 2.05) is 0 Å². The molecule has 1 N–H and O–H groups in total. The SMILES string of the molecule is O=C(Cc1ccc(F)c(Cl)c1)C1CCCCN1. The molecule has 1 unspecified atom stereocenters. The molecule has 1 aromatic carbocycles. The standard InChI is InChI=1S/C13H15ClFNO/c14-10-7-9(4-5-11(10)15)8-13(17)12-3-1-2-6-16-12/h4-5,7,12,16H,1-3,6,8H2. The van der Waals surface area contributed by atoms with E-state index in [0.29, 0.717) is 6.42 Å². The van der Waals surface area contributed by atoms with Gasteiger partial charge in [0, 0.05) is 6.42 Å². The van der Waals surface area contributed by atoms with Crippen LogP contribution in [0.4, 0.5) is 4.39 Å². The van der Waals surface area contributed by atoms with Gasteiger partial charge in [-0.25, -0.2) is 4.39 Å². The summed E-state index contributed by atoms with van der Waals surface area (Å²) >= 11 is 5.68. The highest BCUT2D eigenvalue weighted by Gasteiger charge is 2.20. The molecule has 1 aliphatic heterocycles. The zero-order valence-corrected chi connectivity index (χ0v) is 10.3. The number of carbonyl (C=O) groups is 1. The molecule has 0 spiro atoms. The average molecular weight is 256 g/mol. The molecule has 92 valence electrons. The maximum Gasteiger partial charge on any atom is 0.154 e. The number of hydrogen-bond donors (Lipinski definition) is 1. The van der Waals surface area contributed by atoms with Gasteiger partial charge in [-0.15, -0.1) is 0 Å². The minimum absolute atomic E-state index is 0.0485. The quantitative estimate of drug-likeness (QED) is 0.900. The topological polar surface area (TPSA) is 29.1 Å². The van der Waals surface area contributed by atoms with Gasteiger partial charge in [0.05, 0.1) is 11.1 Å². The van der Waals surface area contributed by atoms with E-state index in [-0.39, 0.29) is 16.8 Å². The second-order valence-electron chi connectivity index (χ2n) is 4.39. The molecule has 0 aromatic heterocycles. The van der Waals surface area contributed by atoms with Crippen molar-refractivity contribution in [1.29, 1.82) is 0 Å². The van der Waals surface area contributed by atoms with Crippen LogP contribution in [0.25, 0.3) is 0 Å². The Hall–Kier alpha value is -0.930. The van der Waals surface area contributed by atoms with Crippen molar-refractivity contribution in [3.63, 3.8) is 0 Å². The summed E-state index contributed by atoms with van der Waals surface area (Å²) in [4.78, 5) is 12.0. The van der Waals surface area contributed by atoms with E-state index < -0.39 is 5.82 Å². The van der Waals surface area contributed by atoms with Crippen molar-refractivity contribution in [2.45, 2.75) is 31.7 Å². The number of ketones is 1. The van der Waals surface area contributed by atoms with Crippen LogP contribution >= 0.6 is 11.6 Å². The lowest BCUT2D eigenvalue weighted by Crippen LogP contribution is -2.41. The molecular formula is C13H15ClFNO. The third kappa shape index (κ3) is 3.27. The number of nitrogens with one attached hydrogen (secondary N) is 1. The van der Waals surface area contributed by atoms with Gasteiger partial charge in [-0.05, 0) is 37.1 Å². The number of carbonyl (C=O) groups excluding carboxylic acids is 1. The van der Waals surface area contributed by atoms with E-state index >= 15 is 0 Å². The van der Waals surface area contributed by atoms with Gasteiger partial charge in [0.1, 0.15) is 5.82 Å². The lowest BCUT2D eigenvalue weighted by Gasteiger charge is -2.22. The molecule has 1 fully saturated rings. The van der Waals surface area contributed by atoms with E-state index in [2.05, 4.69) is 5.32 Å². The largest absolute Gasteiger partial charge is 0.307 e. The number of halogens is 2. The number of piperidine rings is 1. The van der Waals surface area contributed by atoms with Crippen LogP contribution in [-0.2, 0) is 11.2 Å². The Morgan fingerprint density at radius 1 is 1.47 bits per heavy atom. The maximum absolute atomic E-state index is 13.0. The summed E-state index contributed by atoms with van der Waals surface area (Å²) in [5.41, 5.74) is 0.772. The molecule has 1 aliphatic rings. The lowest BCUT2D eigenvalue weighted by molar-refractivity contribution is -0.120. The number of hydrogen-bond acceptors (Lipinski definition) is 2. The summed E-state index contributed by atoms with van der Waals surface area (Å²) in [5.74, 6) is -0.286. The highest BCUT2D eigenvalue weighted by molar-refractivity contribution is 6.30. The monoisotopic (exact) mass is 255 g/mol. The number of rotatable bonds is 3. The number of benzene rings is 1. The normalized spacial score (nSPS) is 20.2. The van der Waals surface area contributed by atoms with Crippen LogP contribution in [0.1, 0.15) is 24.8 Å². The van der Waals surface area contributed by atoms with Gasteiger partial charge in [-0.1, -0.05) is 24.1 Å². The van der Waals surface area contributed by atoms with Crippen LogP contribution in [0, 0.1) is 5.82 Å². The Morgan fingerprint density at radius 3 is 2.94 bits per heavy atom. The molecule has 1 aromatic rings. The zero-order chi connectivity index (χ0) is 12.3. The molecule has 1 heterocycles. The second-order valence-corrected chi connectivity index (χ2v) is 4.80. The fourth-order valence-electron chi connectivity index (χ4n) is 2.10. The number of Topliss-reactive ketones (excluding diaryl/α,β-unsaturated/α-hetero) is 1. The highest BCUT2D eigenvalue weighted by Crippen LogP contribution is 2.17. The third-order valence-electron chi connectivity index (χ3n) is 3.06. The van der Waals surface area contributed by atoms with Crippen LogP contribution in [0.2, 0.25) is 5.02 Å². The molecular weight excluding hydrogens is 241 g/mol. The lowest BCUT2D eigenvalue weighted by atomic mass is 9.97. The van der Waals surface area contributed by atoms with Crippen molar-refractivity contribution in [2.75, 3.05) is 6.54 Å². The van der Waals surface area contributed by atoms with E-state index in [4.69, 9.17) is 11.6 Å². The smallest absolute Gasteiger partial charge is 0.154 e. The van der Waals surface area contributed by atoms with E-state index in [0.717, 1.165) is 31.4 Å². The fourth-order valence-corrected chi connectivity index (χ4v) is 2.30. The van der Waals surface area contributed by atoms with Gasteiger partial charge in [0.15, 0.2) is 5.78 Å². The molecule has 17 heavy (non-hydrogen) atoms. The fraction of sp³-hybridized carbons (Fsp3) is 0.462. The van der Waals surface area contributed by atoms with Crippen LogP contribution in [-0.4, -0.2) is 18.4 Å². The molecule has 1 saturated heterocycles. The maximum atomic E-state index is 13.0. The summed E-state index contributed by atoms with van der Waals surface area (Å²) in [6, 6.07) is 4.39. The van der Waals surface area contributed by atoms with E-state index in [1.54, 1.807) is 6.07 Å². The van der Waals surface area contributed by atoms with Crippen LogP contribution in [0.15, 0.2) is 18.2 Å². The van der Waals surface area contributed by atoms with Crippen molar-refractivity contribution >= 4 is 17.4 Å². The highest BCUT2D eigenvalue weighted by atomic mass is 35.5. The minimum Gasteiger partial charge on any atom is -0.307 e. The second kappa shape index (κ2) is 5.61. The molecule has 0 amide bonds. The summed E-state index contributed by atoms with van der Waals surface area (Å²) in [6.07, 6.45) is 3.44. The van der Waals surface area contributed by atoms with Crippen molar-refractivity contribution in [3.8, 4) is 0 Å². The predicted octanol–water partition coefficient (Wildman–Crippen LogP) is 2.73. The van der Waals surface area contributed by atoms with Crippen LogP contribution < -0.4 is 5.32 Å². The van der Waals surface area contributed by atoms with Gasteiger partial charge < -0.3 is 5.32 Å². The Labute approximate surface area is 105 Å². The summed E-state index contributed by atoms with van der Waals surface area (Å²) < 4.78 is 13.0. The first-order valence-corrected chi connectivity index (χ1v) is 6.24. The van der Waals surface area contributed by atoms with Gasteiger partial charge >= 0.3 is 0 Å². The summed E-state index contributed by atoms with van der Waals surface area (Å²) in [5, 5.41) is 3.28. The molecule has 0 aliphatic carbocycles. The Bertz CT molecular complexity index is 416. The van der Waals surface area contributed by atoms with Crippen molar-refractivity contribution < 1.29 is 9.18 Å². The van der Waals surface area contributed by atoms with Crippen molar-refractivity contribution in [2.24, 2.45) is 0 Å². The molecule has 4 heteroatoms. The Kier molecular flexibility index (Phi) is 4.13.